The van der Waals surface area contributed by atoms with Gasteiger partial charge >= 0.3 is 0 Å². The van der Waals surface area contributed by atoms with E-state index in [1.54, 1.807) is 30.3 Å². The van der Waals surface area contributed by atoms with Gasteiger partial charge in [-0.25, -0.2) is 12.8 Å². The summed E-state index contributed by atoms with van der Waals surface area (Å²) in [4.78, 5) is -0.681. The van der Waals surface area contributed by atoms with Gasteiger partial charge in [-0.1, -0.05) is 29.8 Å². The fraction of sp³-hybridized carbons (Fsp3) is 0. The molecule has 0 fully saturated rings. The maximum absolute atomic E-state index is 13.0. The van der Waals surface area contributed by atoms with E-state index in [0.717, 1.165) is 24.3 Å². The van der Waals surface area contributed by atoms with Crippen molar-refractivity contribution < 1.29 is 17.5 Å². The van der Waals surface area contributed by atoms with Crippen LogP contribution in [0, 0.1) is 17.1 Å². The number of nitriles is 1. The van der Waals surface area contributed by atoms with E-state index in [1.165, 1.54) is 12.1 Å². The van der Waals surface area contributed by atoms with E-state index >= 15 is 0 Å². The van der Waals surface area contributed by atoms with Crippen LogP contribution in [0.25, 0.3) is 6.08 Å². The number of nitrogens with zero attached hydrogens (tertiary/aromatic N) is 1. The van der Waals surface area contributed by atoms with E-state index in [-0.39, 0.29) is 9.92 Å². The zero-order chi connectivity index (χ0) is 20.1. The summed E-state index contributed by atoms with van der Waals surface area (Å²) in [5.41, 5.74) is 0.337. The largest absolute Gasteiger partial charge is 0.457 e. The lowest BCUT2D eigenvalue weighted by Gasteiger charge is -2.08. The molecule has 3 rings (SSSR count). The zero-order valence-electron chi connectivity index (χ0n) is 14.3. The number of allylic oxidation sites excluding steroid dienone is 1. The van der Waals surface area contributed by atoms with Crippen molar-refractivity contribution >= 4 is 27.5 Å². The van der Waals surface area contributed by atoms with Crippen LogP contribution in [0.5, 0.6) is 11.5 Å². The summed E-state index contributed by atoms with van der Waals surface area (Å²) >= 11 is 6.24. The molecule has 0 heterocycles. The first-order chi connectivity index (χ1) is 13.4. The quantitative estimate of drug-likeness (QED) is 0.402. The van der Waals surface area contributed by atoms with Gasteiger partial charge in [0.2, 0.25) is 9.84 Å². The smallest absolute Gasteiger partial charge is 0.216 e. The third-order valence-corrected chi connectivity index (χ3v) is 5.77. The molecular weight excluding hydrogens is 401 g/mol. The van der Waals surface area contributed by atoms with E-state index in [9.17, 15) is 18.1 Å². The summed E-state index contributed by atoms with van der Waals surface area (Å²) < 4.78 is 44.0. The molecule has 0 saturated heterocycles. The van der Waals surface area contributed by atoms with E-state index in [2.05, 4.69) is 0 Å². The predicted octanol–water partition coefficient (Wildman–Crippen LogP) is 5.61. The molecule has 0 amide bonds. The van der Waals surface area contributed by atoms with E-state index < -0.39 is 20.6 Å². The van der Waals surface area contributed by atoms with Gasteiger partial charge in [-0.05, 0) is 66.2 Å². The lowest BCUT2D eigenvalue weighted by Crippen LogP contribution is -2.03. The van der Waals surface area contributed by atoms with Gasteiger partial charge in [0.25, 0.3) is 0 Å². The second-order valence-electron chi connectivity index (χ2n) is 5.68. The Morgan fingerprint density at radius 2 is 1.68 bits per heavy atom. The molecule has 0 aliphatic heterocycles. The first kappa shape index (κ1) is 19.6. The van der Waals surface area contributed by atoms with Crippen LogP contribution in [-0.4, -0.2) is 8.42 Å². The molecule has 3 aromatic carbocycles. The lowest BCUT2D eigenvalue weighted by atomic mass is 10.2. The SMILES string of the molecule is N#CC(=Cc1ccc(Oc2ccccc2)cc1Cl)S(=O)(=O)c1ccc(F)cc1. The number of ether oxygens (including phenoxy) is 1. The number of hydrogen-bond acceptors (Lipinski definition) is 4. The normalized spacial score (nSPS) is 11.7. The van der Waals surface area contributed by atoms with Crippen LogP contribution in [0.2, 0.25) is 5.02 Å². The fourth-order valence-electron chi connectivity index (χ4n) is 2.36. The van der Waals surface area contributed by atoms with E-state index in [0.29, 0.717) is 17.1 Å². The molecular formula is C21H13ClFNO3S. The Kier molecular flexibility index (Phi) is 5.78. The Balaban J connectivity index is 1.92. The Morgan fingerprint density at radius 1 is 1.00 bits per heavy atom. The first-order valence-corrected chi connectivity index (χ1v) is 9.91. The van der Waals surface area contributed by atoms with Crippen LogP contribution >= 0.6 is 11.6 Å². The highest BCUT2D eigenvalue weighted by molar-refractivity contribution is 7.95. The molecule has 7 heteroatoms. The number of rotatable bonds is 5. The second-order valence-corrected chi connectivity index (χ2v) is 8.00. The summed E-state index contributed by atoms with van der Waals surface area (Å²) in [6.07, 6.45) is 1.17. The van der Waals surface area contributed by atoms with Gasteiger partial charge in [0.1, 0.15) is 28.3 Å². The number of halogens is 2. The molecule has 0 radical (unpaired) electrons. The highest BCUT2D eigenvalue weighted by Crippen LogP contribution is 2.29. The second kappa shape index (κ2) is 8.26. The maximum Gasteiger partial charge on any atom is 0.216 e. The molecule has 140 valence electrons. The average molecular weight is 414 g/mol. The lowest BCUT2D eigenvalue weighted by molar-refractivity contribution is 0.482. The van der Waals surface area contributed by atoms with Crippen molar-refractivity contribution in [2.24, 2.45) is 0 Å². The molecule has 0 aromatic heterocycles. The third-order valence-electron chi connectivity index (χ3n) is 3.76. The summed E-state index contributed by atoms with van der Waals surface area (Å²) in [5, 5.41) is 9.56. The Bertz CT molecular complexity index is 1170. The number of sulfone groups is 1. The van der Waals surface area contributed by atoms with Crippen molar-refractivity contribution in [3.8, 4) is 17.6 Å². The molecule has 4 nitrogen and oxygen atoms in total. The minimum Gasteiger partial charge on any atom is -0.457 e. The van der Waals surface area contributed by atoms with Gasteiger partial charge in [-0.3, -0.25) is 0 Å². The summed E-state index contributed by atoms with van der Waals surface area (Å²) in [7, 11) is -4.10. The zero-order valence-corrected chi connectivity index (χ0v) is 15.9. The highest BCUT2D eigenvalue weighted by atomic mass is 35.5. The van der Waals surface area contributed by atoms with Crippen molar-refractivity contribution in [1.29, 1.82) is 5.26 Å². The minimum absolute atomic E-state index is 0.179. The number of para-hydroxylation sites is 1. The van der Waals surface area contributed by atoms with Gasteiger partial charge in [0, 0.05) is 0 Å². The Labute approximate surface area is 167 Å². The maximum atomic E-state index is 13.0. The van der Waals surface area contributed by atoms with Crippen molar-refractivity contribution in [1.82, 2.24) is 0 Å². The van der Waals surface area contributed by atoms with Gasteiger partial charge in [0.15, 0.2) is 0 Å². The van der Waals surface area contributed by atoms with Gasteiger partial charge in [0.05, 0.1) is 9.92 Å². The molecule has 0 aliphatic rings. The van der Waals surface area contributed by atoms with Crippen molar-refractivity contribution in [2.75, 3.05) is 0 Å². The first-order valence-electron chi connectivity index (χ1n) is 8.05. The molecule has 0 atom stereocenters. The monoisotopic (exact) mass is 413 g/mol. The molecule has 28 heavy (non-hydrogen) atoms. The molecule has 0 aliphatic carbocycles. The number of benzene rings is 3. The van der Waals surface area contributed by atoms with Crippen LogP contribution in [0.1, 0.15) is 5.56 Å². The topological polar surface area (TPSA) is 67.2 Å². The highest BCUT2D eigenvalue weighted by Gasteiger charge is 2.21. The van der Waals surface area contributed by atoms with Gasteiger partial charge in [-0.2, -0.15) is 5.26 Å². The van der Waals surface area contributed by atoms with E-state index in [1.807, 2.05) is 18.2 Å². The van der Waals surface area contributed by atoms with Crippen molar-refractivity contribution in [3.05, 3.63) is 94.1 Å². The molecule has 0 saturated carbocycles. The summed E-state index contributed by atoms with van der Waals surface area (Å²) in [6.45, 7) is 0. The molecule has 0 N–H and O–H groups in total. The third kappa shape index (κ3) is 4.39. The molecule has 0 spiro atoms. The van der Waals surface area contributed by atoms with Crippen LogP contribution in [0.3, 0.4) is 0 Å². The van der Waals surface area contributed by atoms with Crippen molar-refractivity contribution in [2.45, 2.75) is 4.90 Å². The molecule has 3 aromatic rings. The molecule has 0 bridgehead atoms. The average Bonchev–Trinajstić information content (AvgIpc) is 2.68. The fourth-order valence-corrected chi connectivity index (χ4v) is 3.74. The Hall–Kier alpha value is -3.14. The van der Waals surface area contributed by atoms with Gasteiger partial charge < -0.3 is 4.74 Å². The summed E-state index contributed by atoms with van der Waals surface area (Å²) in [5.74, 6) is 0.519. The minimum atomic E-state index is -4.10. The van der Waals surface area contributed by atoms with Crippen LogP contribution in [0.4, 0.5) is 4.39 Å². The standard InChI is InChI=1S/C21H13ClFNO3S/c22-21-13-18(27-17-4-2-1-3-5-17)9-6-15(21)12-20(14-24)28(25,26)19-10-7-16(23)8-11-19/h1-13H. The molecule has 0 unspecified atom stereocenters. The van der Waals surface area contributed by atoms with Crippen LogP contribution in [-0.2, 0) is 9.84 Å². The van der Waals surface area contributed by atoms with Crippen LogP contribution < -0.4 is 4.74 Å². The van der Waals surface area contributed by atoms with E-state index in [4.69, 9.17) is 16.3 Å². The van der Waals surface area contributed by atoms with Gasteiger partial charge in [-0.15, -0.1) is 0 Å². The van der Waals surface area contributed by atoms with Crippen LogP contribution in [0.15, 0.2) is 82.6 Å². The summed E-state index contributed by atoms with van der Waals surface area (Å²) in [6, 6.07) is 19.7. The number of hydrogen-bond donors (Lipinski definition) is 0. The van der Waals surface area contributed by atoms with Crippen molar-refractivity contribution in [3.63, 3.8) is 0 Å². The predicted molar refractivity (Wildman–Crippen MR) is 105 cm³/mol. The Morgan fingerprint density at radius 3 is 2.29 bits per heavy atom.